The smallest absolute Gasteiger partial charge is 0.416 e. The van der Waals surface area contributed by atoms with Crippen molar-refractivity contribution in [3.8, 4) is 11.5 Å². The van der Waals surface area contributed by atoms with Crippen LogP contribution in [0.3, 0.4) is 0 Å². The normalized spacial score (nSPS) is 17.0. The van der Waals surface area contributed by atoms with Crippen LogP contribution in [0.5, 0.6) is 11.5 Å². The lowest BCUT2D eigenvalue weighted by atomic mass is 9.83. The van der Waals surface area contributed by atoms with E-state index in [-0.39, 0.29) is 29.6 Å². The summed E-state index contributed by atoms with van der Waals surface area (Å²) in [5.41, 5.74) is 7.44. The van der Waals surface area contributed by atoms with Gasteiger partial charge in [0.2, 0.25) is 5.91 Å². The van der Waals surface area contributed by atoms with Crippen LogP contribution < -0.4 is 15.8 Å². The average Bonchev–Trinajstić information content (AvgIpc) is 3.47. The highest BCUT2D eigenvalue weighted by Gasteiger charge is 2.32. The number of likely N-dealkylation sites (tertiary alicyclic amines) is 1. The van der Waals surface area contributed by atoms with Gasteiger partial charge in [0.15, 0.2) is 0 Å². The summed E-state index contributed by atoms with van der Waals surface area (Å²) in [5, 5.41) is 2.66. The van der Waals surface area contributed by atoms with Gasteiger partial charge in [-0.3, -0.25) is 14.6 Å². The SMILES string of the molecule is NCc1cc(NC(=O)C2CCc3ccc(Oc4ccnc(C(=O)N5CCCC5)c4)cc3C2)cc(C(F)(F)F)c1. The van der Waals surface area contributed by atoms with Gasteiger partial charge >= 0.3 is 6.18 Å². The standard InChI is InChI=1S/C29H29F3N4O3/c30-29(31,32)22-11-18(17-33)12-23(15-22)35-27(37)20-4-3-19-5-6-24(14-21(19)13-20)39-25-7-8-34-26(16-25)28(38)36-9-1-2-10-36/h5-8,11-12,14-16,20H,1-4,9-10,13,17,33H2,(H,35,37). The largest absolute Gasteiger partial charge is 0.457 e. The molecule has 5 rings (SSSR count). The molecular formula is C29H29F3N4O3. The molecule has 0 spiro atoms. The van der Waals surface area contributed by atoms with Crippen molar-refractivity contribution in [1.82, 2.24) is 9.88 Å². The van der Waals surface area contributed by atoms with Gasteiger partial charge in [-0.05, 0) is 85.2 Å². The van der Waals surface area contributed by atoms with E-state index in [4.69, 9.17) is 10.5 Å². The van der Waals surface area contributed by atoms with Gasteiger partial charge in [-0.1, -0.05) is 6.07 Å². The first-order chi connectivity index (χ1) is 18.7. The van der Waals surface area contributed by atoms with Gasteiger partial charge in [0.25, 0.3) is 5.91 Å². The zero-order valence-corrected chi connectivity index (χ0v) is 21.3. The van der Waals surface area contributed by atoms with Crippen LogP contribution in [0.15, 0.2) is 54.7 Å². The number of ether oxygens (including phenoxy) is 1. The molecule has 1 saturated heterocycles. The molecule has 0 radical (unpaired) electrons. The summed E-state index contributed by atoms with van der Waals surface area (Å²) in [5.74, 6) is 0.184. The molecule has 0 bridgehead atoms. The van der Waals surface area contributed by atoms with E-state index < -0.39 is 17.7 Å². The molecule has 39 heavy (non-hydrogen) atoms. The topological polar surface area (TPSA) is 97.5 Å². The lowest BCUT2D eigenvalue weighted by molar-refractivity contribution is -0.137. The maximum atomic E-state index is 13.3. The fraction of sp³-hybridized carbons (Fsp3) is 0.345. The Bertz CT molecular complexity index is 1390. The van der Waals surface area contributed by atoms with Gasteiger partial charge in [0, 0.05) is 43.5 Å². The summed E-state index contributed by atoms with van der Waals surface area (Å²) in [6.45, 7) is 1.39. The van der Waals surface area contributed by atoms with Crippen LogP contribution in [0.4, 0.5) is 18.9 Å². The molecule has 2 aromatic carbocycles. The number of nitrogens with zero attached hydrogens (tertiary/aromatic N) is 2. The van der Waals surface area contributed by atoms with E-state index in [1.165, 1.54) is 6.07 Å². The fourth-order valence-corrected chi connectivity index (χ4v) is 5.12. The van der Waals surface area contributed by atoms with Gasteiger partial charge in [-0.25, -0.2) is 0 Å². The number of hydrogen-bond acceptors (Lipinski definition) is 5. The van der Waals surface area contributed by atoms with Crippen molar-refractivity contribution < 1.29 is 27.5 Å². The van der Waals surface area contributed by atoms with E-state index in [2.05, 4.69) is 10.3 Å². The molecule has 1 aliphatic heterocycles. The molecule has 0 saturated carbocycles. The van der Waals surface area contributed by atoms with Gasteiger partial charge < -0.3 is 20.7 Å². The quantitative estimate of drug-likeness (QED) is 0.442. The number of nitrogens with two attached hydrogens (primary N) is 1. The Morgan fingerprint density at radius 3 is 2.54 bits per heavy atom. The van der Waals surface area contributed by atoms with Gasteiger partial charge in [-0.2, -0.15) is 13.2 Å². The first kappa shape index (κ1) is 26.7. The minimum absolute atomic E-state index is 0.0717. The van der Waals surface area contributed by atoms with Crippen LogP contribution in [0.25, 0.3) is 0 Å². The average molecular weight is 539 g/mol. The summed E-state index contributed by atoms with van der Waals surface area (Å²) in [4.78, 5) is 31.7. The number of pyridine rings is 1. The zero-order chi connectivity index (χ0) is 27.6. The second-order valence-electron chi connectivity index (χ2n) is 9.96. The third-order valence-electron chi connectivity index (χ3n) is 7.18. The maximum Gasteiger partial charge on any atom is 0.416 e. The van der Waals surface area contributed by atoms with Crippen molar-refractivity contribution in [1.29, 1.82) is 0 Å². The predicted molar refractivity (Wildman–Crippen MR) is 139 cm³/mol. The van der Waals surface area contributed by atoms with Crippen molar-refractivity contribution in [2.45, 2.75) is 44.8 Å². The molecule has 1 fully saturated rings. The highest BCUT2D eigenvalue weighted by atomic mass is 19.4. The summed E-state index contributed by atoms with van der Waals surface area (Å²) < 4.78 is 45.9. The van der Waals surface area contributed by atoms with Crippen LogP contribution in [0, 0.1) is 5.92 Å². The molecule has 1 atom stereocenters. The number of nitrogens with one attached hydrogen (secondary N) is 1. The van der Waals surface area contributed by atoms with E-state index in [0.717, 1.165) is 49.2 Å². The minimum Gasteiger partial charge on any atom is -0.457 e. The molecule has 204 valence electrons. The second-order valence-corrected chi connectivity index (χ2v) is 9.96. The molecule has 2 aliphatic rings. The molecule has 3 N–H and O–H groups in total. The molecule has 1 aliphatic carbocycles. The van der Waals surface area contributed by atoms with Crippen molar-refractivity contribution in [2.24, 2.45) is 11.7 Å². The molecule has 1 unspecified atom stereocenters. The highest BCUT2D eigenvalue weighted by Crippen LogP contribution is 2.34. The number of benzene rings is 2. The van der Waals surface area contributed by atoms with Gasteiger partial charge in [0.1, 0.15) is 17.2 Å². The number of carbonyl (C=O) groups excluding carboxylic acids is 2. The molecule has 1 aromatic heterocycles. The number of anilines is 1. The lowest BCUT2D eigenvalue weighted by Crippen LogP contribution is -2.28. The van der Waals surface area contributed by atoms with E-state index in [1.807, 2.05) is 18.2 Å². The number of hydrogen-bond donors (Lipinski definition) is 2. The number of rotatable bonds is 6. The summed E-state index contributed by atoms with van der Waals surface area (Å²) in [7, 11) is 0. The predicted octanol–water partition coefficient (Wildman–Crippen LogP) is 5.33. The first-order valence-corrected chi connectivity index (χ1v) is 13.0. The van der Waals surface area contributed by atoms with Crippen LogP contribution in [-0.2, 0) is 30.4 Å². The number of alkyl halides is 3. The Balaban J connectivity index is 1.27. The Morgan fingerprint density at radius 1 is 1.03 bits per heavy atom. The van der Waals surface area contributed by atoms with E-state index >= 15 is 0 Å². The Hall–Kier alpha value is -3.92. The zero-order valence-electron chi connectivity index (χ0n) is 21.3. The van der Waals surface area contributed by atoms with Crippen molar-refractivity contribution in [3.63, 3.8) is 0 Å². The summed E-state index contributed by atoms with van der Waals surface area (Å²) in [6, 6.07) is 12.4. The number of fused-ring (bicyclic) bond motifs is 1. The van der Waals surface area contributed by atoms with E-state index in [0.29, 0.717) is 36.5 Å². The fourth-order valence-electron chi connectivity index (χ4n) is 5.12. The number of aryl methyl sites for hydroxylation is 1. The van der Waals surface area contributed by atoms with Crippen LogP contribution >= 0.6 is 0 Å². The third-order valence-corrected chi connectivity index (χ3v) is 7.18. The summed E-state index contributed by atoms with van der Waals surface area (Å²) >= 11 is 0. The molecular weight excluding hydrogens is 509 g/mol. The lowest BCUT2D eigenvalue weighted by Gasteiger charge is -2.25. The van der Waals surface area contributed by atoms with Crippen molar-refractivity contribution in [3.05, 3.63) is 82.7 Å². The van der Waals surface area contributed by atoms with E-state index in [9.17, 15) is 22.8 Å². The number of halogens is 3. The minimum atomic E-state index is -4.54. The van der Waals surface area contributed by atoms with Gasteiger partial charge in [-0.15, -0.1) is 0 Å². The monoisotopic (exact) mass is 538 g/mol. The highest BCUT2D eigenvalue weighted by molar-refractivity contribution is 5.93. The Morgan fingerprint density at radius 2 is 1.79 bits per heavy atom. The Kier molecular flexibility index (Phi) is 7.56. The van der Waals surface area contributed by atoms with Crippen LogP contribution in [0.1, 0.15) is 52.0 Å². The maximum absolute atomic E-state index is 13.3. The molecule has 2 amide bonds. The Labute approximate surface area is 224 Å². The van der Waals surface area contributed by atoms with E-state index in [1.54, 1.807) is 23.2 Å². The molecule has 10 heteroatoms. The summed E-state index contributed by atoms with van der Waals surface area (Å²) in [6.07, 6.45) is 0.650. The van der Waals surface area contributed by atoms with Crippen LogP contribution in [-0.4, -0.2) is 34.8 Å². The number of carbonyl (C=O) groups is 2. The molecule has 7 nitrogen and oxygen atoms in total. The second kappa shape index (κ2) is 11.1. The number of aromatic nitrogens is 1. The molecule has 3 aromatic rings. The third kappa shape index (κ3) is 6.22. The first-order valence-electron chi connectivity index (χ1n) is 13.0. The van der Waals surface area contributed by atoms with Gasteiger partial charge in [0.05, 0.1) is 5.56 Å². The van der Waals surface area contributed by atoms with Crippen molar-refractivity contribution in [2.75, 3.05) is 18.4 Å². The number of amides is 2. The molecule has 2 heterocycles. The van der Waals surface area contributed by atoms with Crippen molar-refractivity contribution >= 4 is 17.5 Å². The van der Waals surface area contributed by atoms with Crippen LogP contribution in [0.2, 0.25) is 0 Å².